The fourth-order valence-corrected chi connectivity index (χ4v) is 1.96. The number of rotatable bonds is 2. The average Bonchev–Trinajstić information content (AvgIpc) is 2.00. The average molecular weight is 211 g/mol. The molecule has 1 saturated carbocycles. The van der Waals surface area contributed by atoms with Crippen LogP contribution in [0.4, 0.5) is 0 Å². The Morgan fingerprint density at radius 3 is 2.64 bits per heavy atom. The SMILES string of the molecule is Cc1nc(C2CCC2)ncc1C(C)Cl. The van der Waals surface area contributed by atoms with E-state index >= 15 is 0 Å². The van der Waals surface area contributed by atoms with Gasteiger partial charge in [-0.1, -0.05) is 6.42 Å². The van der Waals surface area contributed by atoms with Crippen molar-refractivity contribution in [1.82, 2.24) is 9.97 Å². The van der Waals surface area contributed by atoms with E-state index in [0.717, 1.165) is 17.1 Å². The van der Waals surface area contributed by atoms with Crippen LogP contribution in [0.25, 0.3) is 0 Å². The lowest BCUT2D eigenvalue weighted by Gasteiger charge is -2.24. The first kappa shape index (κ1) is 9.91. The second-order valence-corrected chi connectivity index (χ2v) is 4.67. The molecule has 1 aromatic heterocycles. The van der Waals surface area contributed by atoms with Crippen LogP contribution >= 0.6 is 11.6 Å². The van der Waals surface area contributed by atoms with Gasteiger partial charge in [0.1, 0.15) is 5.82 Å². The second-order valence-electron chi connectivity index (χ2n) is 4.01. The molecule has 2 nitrogen and oxygen atoms in total. The van der Waals surface area contributed by atoms with Crippen molar-refractivity contribution < 1.29 is 0 Å². The largest absolute Gasteiger partial charge is 0.241 e. The first-order valence-corrected chi connectivity index (χ1v) is 5.59. The quantitative estimate of drug-likeness (QED) is 0.700. The summed E-state index contributed by atoms with van der Waals surface area (Å²) in [4.78, 5) is 8.91. The van der Waals surface area contributed by atoms with Crippen molar-refractivity contribution >= 4 is 11.6 Å². The highest BCUT2D eigenvalue weighted by Crippen LogP contribution is 2.34. The number of halogens is 1. The molecule has 1 aromatic rings. The number of hydrogen-bond acceptors (Lipinski definition) is 2. The molecular formula is C11H15ClN2. The molecule has 14 heavy (non-hydrogen) atoms. The van der Waals surface area contributed by atoms with Crippen molar-refractivity contribution in [2.45, 2.75) is 44.4 Å². The molecule has 0 aliphatic heterocycles. The van der Waals surface area contributed by atoms with E-state index in [2.05, 4.69) is 9.97 Å². The first-order chi connectivity index (χ1) is 6.68. The van der Waals surface area contributed by atoms with Gasteiger partial charge in [0.15, 0.2) is 0 Å². The van der Waals surface area contributed by atoms with Crippen molar-refractivity contribution in [1.29, 1.82) is 0 Å². The Kier molecular flexibility index (Phi) is 2.73. The zero-order valence-electron chi connectivity index (χ0n) is 8.63. The van der Waals surface area contributed by atoms with Gasteiger partial charge in [0.05, 0.1) is 5.38 Å². The summed E-state index contributed by atoms with van der Waals surface area (Å²) < 4.78 is 0. The molecule has 0 N–H and O–H groups in total. The third-order valence-electron chi connectivity index (χ3n) is 2.93. The molecule has 0 spiro atoms. The Hall–Kier alpha value is -0.630. The molecule has 1 aliphatic carbocycles. The Balaban J connectivity index is 2.25. The summed E-state index contributed by atoms with van der Waals surface area (Å²) in [6, 6.07) is 0. The summed E-state index contributed by atoms with van der Waals surface area (Å²) in [6.45, 7) is 3.97. The van der Waals surface area contributed by atoms with Gasteiger partial charge in [-0.25, -0.2) is 9.97 Å². The molecule has 1 atom stereocenters. The summed E-state index contributed by atoms with van der Waals surface area (Å²) >= 11 is 6.01. The molecule has 0 aromatic carbocycles. The minimum Gasteiger partial charge on any atom is -0.241 e. The lowest BCUT2D eigenvalue weighted by atomic mass is 9.85. The molecule has 2 rings (SSSR count). The van der Waals surface area contributed by atoms with E-state index in [1.165, 1.54) is 19.3 Å². The Labute approximate surface area is 89.7 Å². The van der Waals surface area contributed by atoms with E-state index < -0.39 is 0 Å². The van der Waals surface area contributed by atoms with E-state index in [4.69, 9.17) is 11.6 Å². The summed E-state index contributed by atoms with van der Waals surface area (Å²) in [5.41, 5.74) is 2.08. The molecule has 1 heterocycles. The van der Waals surface area contributed by atoms with E-state index in [-0.39, 0.29) is 5.38 Å². The van der Waals surface area contributed by atoms with Crippen molar-refractivity contribution in [2.75, 3.05) is 0 Å². The maximum absolute atomic E-state index is 6.01. The summed E-state index contributed by atoms with van der Waals surface area (Å²) in [5.74, 6) is 1.61. The zero-order valence-corrected chi connectivity index (χ0v) is 9.38. The predicted octanol–water partition coefficient (Wildman–Crippen LogP) is 3.35. The summed E-state index contributed by atoms with van der Waals surface area (Å²) in [5, 5.41) is 0.00504. The number of nitrogens with zero attached hydrogens (tertiary/aromatic N) is 2. The summed E-state index contributed by atoms with van der Waals surface area (Å²) in [6.07, 6.45) is 5.69. The van der Waals surface area contributed by atoms with Crippen LogP contribution < -0.4 is 0 Å². The maximum atomic E-state index is 6.01. The third kappa shape index (κ3) is 1.76. The fourth-order valence-electron chi connectivity index (χ4n) is 1.75. The van der Waals surface area contributed by atoms with Crippen molar-refractivity contribution in [3.63, 3.8) is 0 Å². The number of alkyl halides is 1. The standard InChI is InChI=1S/C11H15ClN2/c1-7(12)10-6-13-11(14-8(10)2)9-4-3-5-9/h6-7,9H,3-5H2,1-2H3. The highest BCUT2D eigenvalue weighted by molar-refractivity contribution is 6.20. The third-order valence-corrected chi connectivity index (χ3v) is 3.17. The van der Waals surface area contributed by atoms with Gasteiger partial charge in [0.2, 0.25) is 0 Å². The Morgan fingerprint density at radius 2 is 2.21 bits per heavy atom. The van der Waals surface area contributed by atoms with Crippen LogP contribution in [0.2, 0.25) is 0 Å². The molecular weight excluding hydrogens is 196 g/mol. The topological polar surface area (TPSA) is 25.8 Å². The lowest BCUT2D eigenvalue weighted by molar-refractivity contribution is 0.400. The van der Waals surface area contributed by atoms with E-state index in [9.17, 15) is 0 Å². The van der Waals surface area contributed by atoms with Crippen LogP contribution in [-0.4, -0.2) is 9.97 Å². The predicted molar refractivity (Wildman–Crippen MR) is 57.6 cm³/mol. The highest BCUT2D eigenvalue weighted by Gasteiger charge is 2.22. The van der Waals surface area contributed by atoms with Gasteiger partial charge < -0.3 is 0 Å². The van der Waals surface area contributed by atoms with Gasteiger partial charge in [-0.2, -0.15) is 0 Å². The van der Waals surface area contributed by atoms with Gasteiger partial charge in [-0.05, 0) is 26.7 Å². The van der Waals surface area contributed by atoms with Crippen LogP contribution in [-0.2, 0) is 0 Å². The van der Waals surface area contributed by atoms with Crippen molar-refractivity contribution in [3.05, 3.63) is 23.3 Å². The Bertz CT molecular complexity index is 332. The molecule has 0 saturated heterocycles. The van der Waals surface area contributed by atoms with Crippen molar-refractivity contribution in [3.8, 4) is 0 Å². The zero-order chi connectivity index (χ0) is 10.1. The first-order valence-electron chi connectivity index (χ1n) is 5.16. The van der Waals surface area contributed by atoms with Gasteiger partial charge >= 0.3 is 0 Å². The molecule has 0 bridgehead atoms. The van der Waals surface area contributed by atoms with Gasteiger partial charge in [0.25, 0.3) is 0 Å². The van der Waals surface area contributed by atoms with E-state index in [1.54, 1.807) is 0 Å². The molecule has 3 heteroatoms. The minimum atomic E-state index is 0.00504. The number of aryl methyl sites for hydroxylation is 1. The maximum Gasteiger partial charge on any atom is 0.131 e. The molecule has 1 aliphatic rings. The molecule has 1 unspecified atom stereocenters. The molecule has 0 radical (unpaired) electrons. The van der Waals surface area contributed by atoms with Gasteiger partial charge in [0, 0.05) is 23.4 Å². The van der Waals surface area contributed by atoms with Gasteiger partial charge in [-0.15, -0.1) is 11.6 Å². The van der Waals surface area contributed by atoms with Crippen LogP contribution in [0.15, 0.2) is 6.20 Å². The van der Waals surface area contributed by atoms with Crippen LogP contribution in [0.3, 0.4) is 0 Å². The molecule has 76 valence electrons. The smallest absolute Gasteiger partial charge is 0.131 e. The second kappa shape index (κ2) is 3.85. The van der Waals surface area contributed by atoms with Crippen LogP contribution in [0.1, 0.15) is 54.6 Å². The fraction of sp³-hybridized carbons (Fsp3) is 0.636. The molecule has 0 amide bonds. The monoisotopic (exact) mass is 210 g/mol. The normalized spacial score (nSPS) is 19.1. The van der Waals surface area contributed by atoms with Crippen LogP contribution in [0, 0.1) is 6.92 Å². The highest BCUT2D eigenvalue weighted by atomic mass is 35.5. The Morgan fingerprint density at radius 1 is 1.50 bits per heavy atom. The number of hydrogen-bond donors (Lipinski definition) is 0. The minimum absolute atomic E-state index is 0.00504. The lowest BCUT2D eigenvalue weighted by Crippen LogP contribution is -2.13. The van der Waals surface area contributed by atoms with Crippen molar-refractivity contribution in [2.24, 2.45) is 0 Å². The number of aromatic nitrogens is 2. The van der Waals surface area contributed by atoms with E-state index in [1.807, 2.05) is 20.0 Å². The summed E-state index contributed by atoms with van der Waals surface area (Å²) in [7, 11) is 0. The van der Waals surface area contributed by atoms with Crippen LogP contribution in [0.5, 0.6) is 0 Å². The van der Waals surface area contributed by atoms with Gasteiger partial charge in [-0.3, -0.25) is 0 Å². The van der Waals surface area contributed by atoms with E-state index in [0.29, 0.717) is 5.92 Å². The molecule has 1 fully saturated rings.